The Morgan fingerprint density at radius 1 is 1.42 bits per heavy atom. The first kappa shape index (κ1) is 15.9. The van der Waals surface area contributed by atoms with Gasteiger partial charge in [0.15, 0.2) is 0 Å². The van der Waals surface area contributed by atoms with Crippen LogP contribution in [0.1, 0.15) is 6.42 Å². The molecule has 0 aliphatic rings. The molecule has 0 heterocycles. The van der Waals surface area contributed by atoms with E-state index >= 15 is 0 Å². The molecule has 1 unspecified atom stereocenters. The summed E-state index contributed by atoms with van der Waals surface area (Å²) in [6, 6.07) is 1.87. The second-order valence-corrected chi connectivity index (χ2v) is 5.35. The van der Waals surface area contributed by atoms with Crippen molar-refractivity contribution in [3.8, 4) is 5.75 Å². The molecule has 0 radical (unpaired) electrons. The molecule has 0 aromatic heterocycles. The fraction of sp³-hybridized carbons (Fsp3) is 0.300. The normalized spacial score (nSPS) is 11.9. The highest BCUT2D eigenvalue weighted by Gasteiger charge is 2.16. The highest BCUT2D eigenvalue weighted by atomic mass is 79.9. The predicted octanol–water partition coefficient (Wildman–Crippen LogP) is 1.70. The lowest BCUT2D eigenvalue weighted by Gasteiger charge is -2.12. The molecule has 9 heteroatoms. The van der Waals surface area contributed by atoms with Crippen LogP contribution < -0.4 is 16.2 Å². The third-order valence-corrected chi connectivity index (χ3v) is 3.41. The lowest BCUT2D eigenvalue weighted by atomic mass is 10.2. The number of primary amides is 1. The summed E-state index contributed by atoms with van der Waals surface area (Å²) in [5, 5.41) is 10.7. The van der Waals surface area contributed by atoms with E-state index in [1.165, 1.54) is 12.1 Å². The van der Waals surface area contributed by atoms with Crippen LogP contribution in [0.3, 0.4) is 0 Å². The second-order valence-electron chi connectivity index (χ2n) is 3.64. The Kier molecular flexibility index (Phi) is 5.70. The molecule has 7 nitrogen and oxygen atoms in total. The van der Waals surface area contributed by atoms with E-state index in [4.69, 9.17) is 16.2 Å². The van der Waals surface area contributed by atoms with Crippen LogP contribution in [0.2, 0.25) is 0 Å². The molecule has 1 aromatic carbocycles. The van der Waals surface area contributed by atoms with E-state index in [-0.39, 0.29) is 18.7 Å². The van der Waals surface area contributed by atoms with Gasteiger partial charge in [-0.3, -0.25) is 14.9 Å². The van der Waals surface area contributed by atoms with E-state index in [2.05, 4.69) is 31.9 Å². The number of carbonyl (C=O) groups is 1. The first-order valence-electron chi connectivity index (χ1n) is 5.14. The topological polar surface area (TPSA) is 121 Å². The highest BCUT2D eigenvalue weighted by molar-refractivity contribution is 9.11. The summed E-state index contributed by atoms with van der Waals surface area (Å²) in [6.07, 6.45) is 0.255. The van der Waals surface area contributed by atoms with Crippen LogP contribution in [-0.4, -0.2) is 23.5 Å². The monoisotopic (exact) mass is 395 g/mol. The van der Waals surface area contributed by atoms with Crippen molar-refractivity contribution in [2.75, 3.05) is 6.61 Å². The molecule has 104 valence electrons. The number of nitro benzene ring substituents is 1. The van der Waals surface area contributed by atoms with Gasteiger partial charge in [-0.25, -0.2) is 0 Å². The third-order valence-electron chi connectivity index (χ3n) is 2.23. The van der Waals surface area contributed by atoms with Gasteiger partial charge in [0.05, 0.1) is 26.5 Å². The molecule has 1 amide bonds. The Morgan fingerprint density at radius 2 is 1.95 bits per heavy atom. The molecule has 1 atom stereocenters. The standard InChI is InChI=1S/C10H11Br2N3O4/c11-6-3-5(15(17)18)4-7(12)9(6)19-2-1-8(13)10(14)16/h3-4,8H,1-2,13H2,(H2,14,16). The molecule has 1 rings (SSSR count). The number of carbonyl (C=O) groups excluding carboxylic acids is 1. The summed E-state index contributed by atoms with van der Waals surface area (Å²) >= 11 is 6.36. The van der Waals surface area contributed by atoms with E-state index in [9.17, 15) is 14.9 Å². The Balaban J connectivity index is 2.74. The number of benzene rings is 1. The number of nitrogens with zero attached hydrogens (tertiary/aromatic N) is 1. The number of rotatable bonds is 6. The summed E-state index contributed by atoms with van der Waals surface area (Å²) in [7, 11) is 0. The maximum absolute atomic E-state index is 10.7. The Hall–Kier alpha value is -1.19. The van der Waals surface area contributed by atoms with E-state index in [1.807, 2.05) is 0 Å². The van der Waals surface area contributed by atoms with Gasteiger partial charge < -0.3 is 16.2 Å². The molecule has 19 heavy (non-hydrogen) atoms. The fourth-order valence-electron chi connectivity index (χ4n) is 1.22. The zero-order chi connectivity index (χ0) is 14.6. The minimum Gasteiger partial charge on any atom is -0.491 e. The summed E-state index contributed by atoms with van der Waals surface area (Å²) < 4.78 is 6.28. The molecule has 0 bridgehead atoms. The van der Waals surface area contributed by atoms with Crippen molar-refractivity contribution in [2.24, 2.45) is 11.5 Å². The van der Waals surface area contributed by atoms with Crippen LogP contribution in [0.4, 0.5) is 5.69 Å². The lowest BCUT2D eigenvalue weighted by molar-refractivity contribution is -0.385. The van der Waals surface area contributed by atoms with Crippen LogP contribution in [0, 0.1) is 10.1 Å². The minimum absolute atomic E-state index is 0.0695. The summed E-state index contributed by atoms with van der Waals surface area (Å²) in [5.41, 5.74) is 10.4. The van der Waals surface area contributed by atoms with Gasteiger partial charge in [-0.2, -0.15) is 0 Å². The van der Waals surface area contributed by atoms with E-state index in [0.29, 0.717) is 14.7 Å². The van der Waals surface area contributed by atoms with E-state index in [1.54, 1.807) is 0 Å². The van der Waals surface area contributed by atoms with Gasteiger partial charge in [-0.15, -0.1) is 0 Å². The number of nitrogens with two attached hydrogens (primary N) is 2. The number of nitro groups is 1. The minimum atomic E-state index is -0.782. The van der Waals surface area contributed by atoms with Gasteiger partial charge in [0.1, 0.15) is 5.75 Å². The first-order chi connectivity index (χ1) is 8.82. The van der Waals surface area contributed by atoms with Gasteiger partial charge in [0, 0.05) is 18.6 Å². The van der Waals surface area contributed by atoms with Crippen molar-refractivity contribution in [2.45, 2.75) is 12.5 Å². The van der Waals surface area contributed by atoms with Crippen LogP contribution in [0.5, 0.6) is 5.75 Å². The van der Waals surface area contributed by atoms with Gasteiger partial charge in [0.25, 0.3) is 5.69 Å². The molecule has 0 fully saturated rings. The van der Waals surface area contributed by atoms with Crippen molar-refractivity contribution in [1.82, 2.24) is 0 Å². The average Bonchev–Trinajstić information content (AvgIpc) is 2.31. The van der Waals surface area contributed by atoms with Gasteiger partial charge in [-0.1, -0.05) is 0 Å². The second kappa shape index (κ2) is 6.83. The zero-order valence-corrected chi connectivity index (χ0v) is 12.8. The highest BCUT2D eigenvalue weighted by Crippen LogP contribution is 2.37. The van der Waals surface area contributed by atoms with Gasteiger partial charge in [-0.05, 0) is 31.9 Å². The molecule has 0 aliphatic heterocycles. The van der Waals surface area contributed by atoms with Gasteiger partial charge >= 0.3 is 0 Å². The fourth-order valence-corrected chi connectivity index (χ4v) is 2.61. The van der Waals surface area contributed by atoms with Crippen molar-refractivity contribution < 1.29 is 14.5 Å². The number of hydrogen-bond acceptors (Lipinski definition) is 5. The van der Waals surface area contributed by atoms with Crippen molar-refractivity contribution in [3.63, 3.8) is 0 Å². The van der Waals surface area contributed by atoms with Crippen LogP contribution in [-0.2, 0) is 4.79 Å². The van der Waals surface area contributed by atoms with Crippen molar-refractivity contribution in [3.05, 3.63) is 31.2 Å². The zero-order valence-electron chi connectivity index (χ0n) is 9.64. The molecule has 0 spiro atoms. The van der Waals surface area contributed by atoms with Crippen LogP contribution in [0.15, 0.2) is 21.1 Å². The quantitative estimate of drug-likeness (QED) is 0.559. The molecular weight excluding hydrogens is 386 g/mol. The van der Waals surface area contributed by atoms with Crippen LogP contribution in [0.25, 0.3) is 0 Å². The smallest absolute Gasteiger partial charge is 0.271 e. The number of amides is 1. The summed E-state index contributed by atoms with van der Waals surface area (Å²) in [5.74, 6) is -0.201. The van der Waals surface area contributed by atoms with Crippen molar-refractivity contribution >= 4 is 43.5 Å². The largest absolute Gasteiger partial charge is 0.491 e. The van der Waals surface area contributed by atoms with Crippen LogP contribution >= 0.6 is 31.9 Å². The molecule has 1 aromatic rings. The molecule has 0 aliphatic carbocycles. The Morgan fingerprint density at radius 3 is 2.37 bits per heavy atom. The average molecular weight is 397 g/mol. The number of hydrogen-bond donors (Lipinski definition) is 2. The van der Waals surface area contributed by atoms with Crippen molar-refractivity contribution in [1.29, 1.82) is 0 Å². The van der Waals surface area contributed by atoms with E-state index in [0.717, 1.165) is 0 Å². The first-order valence-corrected chi connectivity index (χ1v) is 6.72. The Labute approximate surface area is 125 Å². The SMILES string of the molecule is NC(=O)C(N)CCOc1c(Br)cc([N+](=O)[O-])cc1Br. The van der Waals surface area contributed by atoms with Gasteiger partial charge in [0.2, 0.25) is 5.91 Å². The summed E-state index contributed by atoms with van der Waals surface area (Å²) in [6.45, 7) is 0.166. The number of ether oxygens (including phenoxy) is 1. The third kappa shape index (κ3) is 4.44. The molecule has 0 saturated carbocycles. The molecule has 4 N–H and O–H groups in total. The molecular formula is C10H11Br2N3O4. The molecule has 0 saturated heterocycles. The lowest BCUT2D eigenvalue weighted by Crippen LogP contribution is -2.37. The maximum atomic E-state index is 10.7. The van der Waals surface area contributed by atoms with E-state index < -0.39 is 16.9 Å². The Bertz CT molecular complexity index is 487. The summed E-state index contributed by atoms with van der Waals surface area (Å²) in [4.78, 5) is 20.9. The number of halogens is 2. The predicted molar refractivity (Wildman–Crippen MR) is 75.8 cm³/mol. The maximum Gasteiger partial charge on any atom is 0.271 e. The number of non-ortho nitro benzene ring substituents is 1.